The Morgan fingerprint density at radius 2 is 2.21 bits per heavy atom. The monoisotopic (exact) mass is 340 g/mol. The largest absolute Gasteiger partial charge is 0.378 e. The molecule has 1 aliphatic heterocycles. The van der Waals surface area contributed by atoms with Gasteiger partial charge < -0.3 is 9.64 Å². The summed E-state index contributed by atoms with van der Waals surface area (Å²) in [5.74, 6) is 1.46. The average Bonchev–Trinajstić information content (AvgIpc) is 3.07. The molecule has 1 fully saturated rings. The van der Waals surface area contributed by atoms with E-state index in [0.29, 0.717) is 12.5 Å². The Morgan fingerprint density at radius 1 is 1.29 bits per heavy atom. The lowest BCUT2D eigenvalue weighted by molar-refractivity contribution is 0.181. The number of hydrogen-bond acceptors (Lipinski definition) is 6. The van der Waals surface area contributed by atoms with Crippen LogP contribution in [-0.2, 0) is 11.3 Å². The van der Waals surface area contributed by atoms with Gasteiger partial charge >= 0.3 is 0 Å². The van der Waals surface area contributed by atoms with Gasteiger partial charge in [-0.25, -0.2) is 15.0 Å². The molecule has 0 bridgehead atoms. The van der Waals surface area contributed by atoms with Crippen LogP contribution in [0.1, 0.15) is 29.5 Å². The maximum atomic E-state index is 5.18. The van der Waals surface area contributed by atoms with Gasteiger partial charge in [-0.1, -0.05) is 12.1 Å². The number of thiazole rings is 1. The minimum Gasteiger partial charge on any atom is -0.378 e. The molecule has 0 spiro atoms. The Hall–Kier alpha value is -2.05. The number of rotatable bonds is 4. The van der Waals surface area contributed by atoms with Gasteiger partial charge in [-0.2, -0.15) is 0 Å². The standard InChI is InChI=1S/C18H20N4OS/c1-23-11-14-9-17(20-12-19-14)22-8-4-5-13(10-22)18-21-15-6-2-3-7-16(15)24-18/h2-3,6-7,9,12-13H,4-5,8,10-11H2,1H3. The molecule has 1 aliphatic rings. The molecule has 6 heteroatoms. The van der Waals surface area contributed by atoms with Crippen molar-refractivity contribution in [1.82, 2.24) is 15.0 Å². The van der Waals surface area contributed by atoms with Crippen LogP contribution in [0.5, 0.6) is 0 Å². The SMILES string of the molecule is COCc1cc(N2CCCC(c3nc4ccccc4s3)C2)ncn1. The average molecular weight is 340 g/mol. The van der Waals surface area contributed by atoms with Crippen molar-refractivity contribution in [1.29, 1.82) is 0 Å². The summed E-state index contributed by atoms with van der Waals surface area (Å²) in [5.41, 5.74) is 2.03. The number of aromatic nitrogens is 3. The van der Waals surface area contributed by atoms with E-state index in [1.54, 1.807) is 13.4 Å². The molecule has 0 aliphatic carbocycles. The zero-order chi connectivity index (χ0) is 16.4. The summed E-state index contributed by atoms with van der Waals surface area (Å²) >= 11 is 1.82. The summed E-state index contributed by atoms with van der Waals surface area (Å²) in [6.45, 7) is 2.51. The highest BCUT2D eigenvalue weighted by Crippen LogP contribution is 2.34. The first-order valence-electron chi connectivity index (χ1n) is 8.24. The van der Waals surface area contributed by atoms with E-state index in [0.717, 1.165) is 36.5 Å². The molecule has 0 N–H and O–H groups in total. The summed E-state index contributed by atoms with van der Waals surface area (Å²) in [7, 11) is 1.69. The molecule has 3 aromatic rings. The number of anilines is 1. The van der Waals surface area contributed by atoms with Gasteiger partial charge in [0.25, 0.3) is 0 Å². The van der Waals surface area contributed by atoms with E-state index in [1.165, 1.54) is 16.1 Å². The molecule has 0 radical (unpaired) electrons. The highest BCUT2D eigenvalue weighted by molar-refractivity contribution is 7.18. The fraction of sp³-hybridized carbons (Fsp3) is 0.389. The number of hydrogen-bond donors (Lipinski definition) is 0. The number of ether oxygens (including phenoxy) is 1. The van der Waals surface area contributed by atoms with Crippen LogP contribution < -0.4 is 4.90 Å². The molecule has 24 heavy (non-hydrogen) atoms. The number of benzene rings is 1. The minimum atomic E-state index is 0.469. The molecular weight excluding hydrogens is 320 g/mol. The van der Waals surface area contributed by atoms with Crippen LogP contribution >= 0.6 is 11.3 Å². The van der Waals surface area contributed by atoms with Crippen molar-refractivity contribution in [3.05, 3.63) is 47.4 Å². The van der Waals surface area contributed by atoms with Gasteiger partial charge in [0.1, 0.15) is 12.1 Å². The summed E-state index contributed by atoms with van der Waals surface area (Å²) < 4.78 is 6.45. The van der Waals surface area contributed by atoms with Gasteiger partial charge in [0.2, 0.25) is 0 Å². The third kappa shape index (κ3) is 3.12. The van der Waals surface area contributed by atoms with Crippen LogP contribution in [-0.4, -0.2) is 35.2 Å². The molecule has 0 amide bonds. The minimum absolute atomic E-state index is 0.469. The Balaban J connectivity index is 1.56. The molecule has 2 aromatic heterocycles. The number of nitrogens with zero attached hydrogens (tertiary/aromatic N) is 4. The first-order chi connectivity index (χ1) is 11.8. The van der Waals surface area contributed by atoms with E-state index >= 15 is 0 Å². The molecule has 0 saturated carbocycles. The lowest BCUT2D eigenvalue weighted by Crippen LogP contribution is -2.35. The zero-order valence-electron chi connectivity index (χ0n) is 13.7. The normalized spacial score (nSPS) is 18.2. The fourth-order valence-corrected chi connectivity index (χ4v) is 4.33. The van der Waals surface area contributed by atoms with Crippen LogP contribution in [0.15, 0.2) is 36.7 Å². The van der Waals surface area contributed by atoms with Gasteiger partial charge in [-0.05, 0) is 25.0 Å². The van der Waals surface area contributed by atoms with E-state index < -0.39 is 0 Å². The number of para-hydroxylation sites is 1. The molecule has 4 rings (SSSR count). The Bertz CT molecular complexity index is 802. The van der Waals surface area contributed by atoms with Crippen molar-refractivity contribution >= 4 is 27.4 Å². The Morgan fingerprint density at radius 3 is 3.08 bits per heavy atom. The zero-order valence-corrected chi connectivity index (χ0v) is 14.5. The number of methoxy groups -OCH3 is 1. The third-order valence-electron chi connectivity index (χ3n) is 4.41. The smallest absolute Gasteiger partial charge is 0.132 e. The molecule has 1 aromatic carbocycles. The molecule has 1 unspecified atom stereocenters. The highest BCUT2D eigenvalue weighted by atomic mass is 32.1. The van der Waals surface area contributed by atoms with E-state index in [1.807, 2.05) is 17.4 Å². The van der Waals surface area contributed by atoms with Gasteiger partial charge in [-0.15, -0.1) is 11.3 Å². The second-order valence-corrected chi connectivity index (χ2v) is 7.17. The van der Waals surface area contributed by atoms with Crippen LogP contribution in [0.25, 0.3) is 10.2 Å². The van der Waals surface area contributed by atoms with Crippen molar-refractivity contribution in [3.8, 4) is 0 Å². The van der Waals surface area contributed by atoms with Crippen molar-refractivity contribution in [2.24, 2.45) is 0 Å². The molecule has 5 nitrogen and oxygen atoms in total. The Labute approximate surface area is 145 Å². The second-order valence-electron chi connectivity index (χ2n) is 6.11. The predicted molar refractivity (Wildman–Crippen MR) is 96.6 cm³/mol. The summed E-state index contributed by atoms with van der Waals surface area (Å²) in [6, 6.07) is 10.4. The maximum Gasteiger partial charge on any atom is 0.132 e. The van der Waals surface area contributed by atoms with Crippen LogP contribution in [0.4, 0.5) is 5.82 Å². The topological polar surface area (TPSA) is 51.1 Å². The quantitative estimate of drug-likeness (QED) is 0.726. The van der Waals surface area contributed by atoms with E-state index in [9.17, 15) is 0 Å². The highest BCUT2D eigenvalue weighted by Gasteiger charge is 2.25. The summed E-state index contributed by atoms with van der Waals surface area (Å²) in [6.07, 6.45) is 3.97. The maximum absolute atomic E-state index is 5.18. The molecule has 1 saturated heterocycles. The third-order valence-corrected chi connectivity index (χ3v) is 5.61. The fourth-order valence-electron chi connectivity index (χ4n) is 3.24. The van der Waals surface area contributed by atoms with Gasteiger partial charge in [0, 0.05) is 32.2 Å². The molecule has 124 valence electrons. The Kier molecular flexibility index (Phi) is 4.40. The van der Waals surface area contributed by atoms with Crippen molar-refractivity contribution in [2.45, 2.75) is 25.4 Å². The molecule has 3 heterocycles. The van der Waals surface area contributed by atoms with Crippen LogP contribution in [0, 0.1) is 0 Å². The second kappa shape index (κ2) is 6.83. The molecular formula is C18H20N4OS. The lowest BCUT2D eigenvalue weighted by Gasteiger charge is -2.32. The predicted octanol–water partition coefficient (Wildman–Crippen LogP) is 3.62. The van der Waals surface area contributed by atoms with Crippen LogP contribution in [0.2, 0.25) is 0 Å². The number of fused-ring (bicyclic) bond motifs is 1. The van der Waals surface area contributed by atoms with Crippen molar-refractivity contribution < 1.29 is 4.74 Å². The van der Waals surface area contributed by atoms with Gasteiger partial charge in [0.15, 0.2) is 0 Å². The summed E-state index contributed by atoms with van der Waals surface area (Å²) in [4.78, 5) is 15.9. The van der Waals surface area contributed by atoms with Gasteiger partial charge in [0.05, 0.1) is 27.5 Å². The van der Waals surface area contributed by atoms with Gasteiger partial charge in [-0.3, -0.25) is 0 Å². The first-order valence-corrected chi connectivity index (χ1v) is 9.05. The van der Waals surface area contributed by atoms with E-state index in [-0.39, 0.29) is 0 Å². The van der Waals surface area contributed by atoms with E-state index in [4.69, 9.17) is 9.72 Å². The van der Waals surface area contributed by atoms with E-state index in [2.05, 4.69) is 39.1 Å². The van der Waals surface area contributed by atoms with Crippen molar-refractivity contribution in [2.75, 3.05) is 25.1 Å². The number of piperidine rings is 1. The summed E-state index contributed by atoms with van der Waals surface area (Å²) in [5, 5.41) is 1.24. The van der Waals surface area contributed by atoms with Crippen LogP contribution in [0.3, 0.4) is 0 Å². The molecule has 1 atom stereocenters. The first kappa shape index (κ1) is 15.5. The lowest BCUT2D eigenvalue weighted by atomic mass is 9.99. The van der Waals surface area contributed by atoms with Crippen molar-refractivity contribution in [3.63, 3.8) is 0 Å².